The minimum absolute atomic E-state index is 0.199. The van der Waals surface area contributed by atoms with Crippen LogP contribution < -0.4 is 5.32 Å². The third-order valence-corrected chi connectivity index (χ3v) is 4.47. The number of carbonyl (C=O) groups excluding carboxylic acids is 2. The van der Waals surface area contributed by atoms with E-state index in [1.807, 2.05) is 48.5 Å². The number of anilines is 1. The first kappa shape index (κ1) is 17.8. The standard InChI is InChI=1S/C20H18N2O3S/c1-2-25-19(24)17-13-26-20(21-17)22-18(23)16-11-7-6-10-15(16)12-14-8-4-3-5-9-14/h3-11,13H,2,12H2,1H3,(H,21,22,23). The van der Waals surface area contributed by atoms with Crippen molar-refractivity contribution >= 4 is 28.3 Å². The van der Waals surface area contributed by atoms with Crippen molar-refractivity contribution in [3.05, 3.63) is 82.4 Å². The minimum atomic E-state index is -0.492. The molecule has 0 atom stereocenters. The number of aromatic nitrogens is 1. The zero-order valence-corrected chi connectivity index (χ0v) is 15.1. The molecule has 3 rings (SSSR count). The fraction of sp³-hybridized carbons (Fsp3) is 0.150. The van der Waals surface area contributed by atoms with E-state index in [2.05, 4.69) is 10.3 Å². The molecule has 0 fully saturated rings. The summed E-state index contributed by atoms with van der Waals surface area (Å²) in [6, 6.07) is 17.4. The summed E-state index contributed by atoms with van der Waals surface area (Å²) in [6.07, 6.45) is 0.663. The summed E-state index contributed by atoms with van der Waals surface area (Å²) in [7, 11) is 0. The molecular formula is C20H18N2O3S. The fourth-order valence-corrected chi connectivity index (χ4v) is 3.18. The average molecular weight is 366 g/mol. The van der Waals surface area contributed by atoms with Crippen LogP contribution in [-0.4, -0.2) is 23.5 Å². The maximum Gasteiger partial charge on any atom is 0.357 e. The van der Waals surface area contributed by atoms with Crippen LogP contribution in [0, 0.1) is 0 Å². The van der Waals surface area contributed by atoms with Gasteiger partial charge in [0.05, 0.1) is 6.61 Å². The third-order valence-electron chi connectivity index (χ3n) is 3.71. The lowest BCUT2D eigenvalue weighted by molar-refractivity contribution is 0.0520. The van der Waals surface area contributed by atoms with Crippen LogP contribution in [0.5, 0.6) is 0 Å². The van der Waals surface area contributed by atoms with Gasteiger partial charge in [-0.15, -0.1) is 11.3 Å². The van der Waals surface area contributed by atoms with Gasteiger partial charge < -0.3 is 4.74 Å². The van der Waals surface area contributed by atoms with E-state index < -0.39 is 5.97 Å². The highest BCUT2D eigenvalue weighted by Gasteiger charge is 2.16. The van der Waals surface area contributed by atoms with Gasteiger partial charge in [-0.1, -0.05) is 48.5 Å². The Morgan fingerprint density at radius 3 is 2.58 bits per heavy atom. The number of rotatable bonds is 6. The van der Waals surface area contributed by atoms with Gasteiger partial charge in [0.15, 0.2) is 10.8 Å². The molecule has 1 N–H and O–H groups in total. The number of carbonyl (C=O) groups is 2. The molecular weight excluding hydrogens is 348 g/mol. The number of esters is 1. The zero-order valence-electron chi connectivity index (χ0n) is 14.3. The van der Waals surface area contributed by atoms with Gasteiger partial charge >= 0.3 is 5.97 Å². The highest BCUT2D eigenvalue weighted by atomic mass is 32.1. The quantitative estimate of drug-likeness (QED) is 0.665. The smallest absolute Gasteiger partial charge is 0.357 e. The summed E-state index contributed by atoms with van der Waals surface area (Å²) in [5.41, 5.74) is 2.85. The van der Waals surface area contributed by atoms with Gasteiger partial charge in [-0.25, -0.2) is 9.78 Å². The molecule has 1 amide bonds. The van der Waals surface area contributed by atoms with Crippen molar-refractivity contribution < 1.29 is 14.3 Å². The first-order chi connectivity index (χ1) is 12.7. The van der Waals surface area contributed by atoms with Crippen LogP contribution in [0.4, 0.5) is 5.13 Å². The third kappa shape index (κ3) is 4.34. The van der Waals surface area contributed by atoms with Crippen LogP contribution in [0.15, 0.2) is 60.0 Å². The molecule has 0 saturated carbocycles. The van der Waals surface area contributed by atoms with Gasteiger partial charge in [-0.2, -0.15) is 0 Å². The first-order valence-electron chi connectivity index (χ1n) is 8.23. The van der Waals surface area contributed by atoms with E-state index >= 15 is 0 Å². The molecule has 6 heteroatoms. The molecule has 3 aromatic rings. The van der Waals surface area contributed by atoms with Gasteiger partial charge in [0.1, 0.15) is 0 Å². The summed E-state index contributed by atoms with van der Waals surface area (Å²) < 4.78 is 4.91. The SMILES string of the molecule is CCOC(=O)c1csc(NC(=O)c2ccccc2Cc2ccccc2)n1. The lowest BCUT2D eigenvalue weighted by Crippen LogP contribution is -2.14. The summed E-state index contributed by atoms with van der Waals surface area (Å²) in [5, 5.41) is 4.70. The number of ether oxygens (including phenoxy) is 1. The van der Waals surface area contributed by atoms with Gasteiger partial charge in [-0.3, -0.25) is 10.1 Å². The molecule has 1 aromatic heterocycles. The van der Waals surface area contributed by atoms with E-state index in [1.54, 1.807) is 18.4 Å². The lowest BCUT2D eigenvalue weighted by atomic mass is 9.99. The first-order valence-corrected chi connectivity index (χ1v) is 9.11. The second-order valence-corrected chi connectivity index (χ2v) is 6.39. The van der Waals surface area contributed by atoms with Crippen molar-refractivity contribution in [1.82, 2.24) is 4.98 Å². The second kappa shape index (κ2) is 8.40. The Morgan fingerprint density at radius 1 is 1.08 bits per heavy atom. The second-order valence-electron chi connectivity index (χ2n) is 5.53. The predicted octanol–water partition coefficient (Wildman–Crippen LogP) is 4.16. The molecule has 0 bridgehead atoms. The number of thiazole rings is 1. The van der Waals surface area contributed by atoms with Crippen LogP contribution in [0.25, 0.3) is 0 Å². The van der Waals surface area contributed by atoms with Crippen molar-refractivity contribution in [1.29, 1.82) is 0 Å². The van der Waals surface area contributed by atoms with Crippen molar-refractivity contribution in [3.8, 4) is 0 Å². The molecule has 1 heterocycles. The van der Waals surface area contributed by atoms with Crippen molar-refractivity contribution in [2.45, 2.75) is 13.3 Å². The Hall–Kier alpha value is -2.99. The molecule has 5 nitrogen and oxygen atoms in total. The molecule has 0 unspecified atom stereocenters. The Labute approximate surface area is 155 Å². The maximum absolute atomic E-state index is 12.7. The van der Waals surface area contributed by atoms with Crippen LogP contribution in [-0.2, 0) is 11.2 Å². The molecule has 26 heavy (non-hydrogen) atoms. The van der Waals surface area contributed by atoms with E-state index in [0.717, 1.165) is 11.1 Å². The monoisotopic (exact) mass is 366 g/mol. The summed E-state index contributed by atoms with van der Waals surface area (Å²) in [4.78, 5) is 28.5. The van der Waals surface area contributed by atoms with E-state index in [1.165, 1.54) is 11.3 Å². The van der Waals surface area contributed by atoms with Gasteiger partial charge in [0.2, 0.25) is 0 Å². The van der Waals surface area contributed by atoms with Gasteiger partial charge in [0.25, 0.3) is 5.91 Å². The fourth-order valence-electron chi connectivity index (χ4n) is 2.51. The molecule has 0 aliphatic rings. The summed E-state index contributed by atoms with van der Waals surface area (Å²) in [6.45, 7) is 2.02. The zero-order chi connectivity index (χ0) is 18.4. The number of amides is 1. The summed E-state index contributed by atoms with van der Waals surface area (Å²) >= 11 is 1.19. The van der Waals surface area contributed by atoms with Crippen molar-refractivity contribution in [3.63, 3.8) is 0 Å². The van der Waals surface area contributed by atoms with Crippen LogP contribution in [0.2, 0.25) is 0 Å². The Balaban J connectivity index is 1.75. The lowest BCUT2D eigenvalue weighted by Gasteiger charge is -2.09. The molecule has 0 aliphatic carbocycles. The molecule has 0 radical (unpaired) electrons. The van der Waals surface area contributed by atoms with Gasteiger partial charge in [-0.05, 0) is 30.5 Å². The molecule has 132 valence electrons. The highest BCUT2D eigenvalue weighted by Crippen LogP contribution is 2.20. The number of benzene rings is 2. The molecule has 0 aliphatic heterocycles. The van der Waals surface area contributed by atoms with E-state index in [-0.39, 0.29) is 18.2 Å². The number of hydrogen-bond acceptors (Lipinski definition) is 5. The number of hydrogen-bond donors (Lipinski definition) is 1. The molecule has 0 saturated heterocycles. The average Bonchev–Trinajstić information content (AvgIpc) is 3.12. The normalized spacial score (nSPS) is 10.3. The number of nitrogens with one attached hydrogen (secondary N) is 1. The topological polar surface area (TPSA) is 68.3 Å². The van der Waals surface area contributed by atoms with Crippen molar-refractivity contribution in [2.75, 3.05) is 11.9 Å². The van der Waals surface area contributed by atoms with Crippen molar-refractivity contribution in [2.24, 2.45) is 0 Å². The minimum Gasteiger partial charge on any atom is -0.461 e. The van der Waals surface area contributed by atoms with Crippen LogP contribution in [0.3, 0.4) is 0 Å². The van der Waals surface area contributed by atoms with Crippen LogP contribution in [0.1, 0.15) is 38.9 Å². The number of nitrogens with zero attached hydrogens (tertiary/aromatic N) is 1. The largest absolute Gasteiger partial charge is 0.461 e. The molecule has 2 aromatic carbocycles. The Morgan fingerprint density at radius 2 is 1.81 bits per heavy atom. The van der Waals surface area contributed by atoms with Gasteiger partial charge in [0, 0.05) is 10.9 Å². The molecule has 0 spiro atoms. The van der Waals surface area contributed by atoms with Crippen LogP contribution >= 0.6 is 11.3 Å². The maximum atomic E-state index is 12.7. The highest BCUT2D eigenvalue weighted by molar-refractivity contribution is 7.14. The Kier molecular flexibility index (Phi) is 5.76. The van der Waals surface area contributed by atoms with E-state index in [0.29, 0.717) is 17.1 Å². The summed E-state index contributed by atoms with van der Waals surface area (Å²) in [5.74, 6) is -0.741. The predicted molar refractivity (Wildman–Crippen MR) is 102 cm³/mol. The van der Waals surface area contributed by atoms with E-state index in [4.69, 9.17) is 4.74 Å². The van der Waals surface area contributed by atoms with E-state index in [9.17, 15) is 9.59 Å². The Bertz CT molecular complexity index is 906.